The van der Waals surface area contributed by atoms with E-state index in [9.17, 15) is 9.59 Å². The predicted octanol–water partition coefficient (Wildman–Crippen LogP) is 2.93. The third-order valence-corrected chi connectivity index (χ3v) is 5.30. The smallest absolute Gasteiger partial charge is 0.306 e. The highest BCUT2D eigenvalue weighted by atomic mass is 32.1. The first-order valence-corrected chi connectivity index (χ1v) is 9.07. The summed E-state index contributed by atoms with van der Waals surface area (Å²) in [4.78, 5) is 24.9. The van der Waals surface area contributed by atoms with Gasteiger partial charge in [-0.05, 0) is 35.2 Å². The van der Waals surface area contributed by atoms with E-state index in [1.165, 1.54) is 15.6 Å². The largest absolute Gasteiger partial charge is 0.481 e. The Kier molecular flexibility index (Phi) is 5.48. The zero-order valence-corrected chi connectivity index (χ0v) is 14.3. The summed E-state index contributed by atoms with van der Waals surface area (Å²) in [6, 6.07) is 8.32. The third kappa shape index (κ3) is 4.13. The van der Waals surface area contributed by atoms with Crippen molar-refractivity contribution in [3.05, 3.63) is 35.2 Å². The summed E-state index contributed by atoms with van der Waals surface area (Å²) in [7, 11) is 0. The molecule has 0 saturated carbocycles. The maximum atomic E-state index is 12.3. The fraction of sp³-hybridized carbons (Fsp3) is 0.444. The first kappa shape index (κ1) is 16.9. The molecule has 1 atom stereocenters. The maximum absolute atomic E-state index is 12.3. The van der Waals surface area contributed by atoms with E-state index in [0.717, 1.165) is 12.8 Å². The van der Waals surface area contributed by atoms with Crippen molar-refractivity contribution < 1.29 is 19.4 Å². The topological polar surface area (TPSA) is 66.8 Å². The quantitative estimate of drug-likeness (QED) is 0.872. The number of carbonyl (C=O) groups excluding carboxylic acids is 1. The van der Waals surface area contributed by atoms with E-state index < -0.39 is 5.97 Å². The molecule has 1 unspecified atom stereocenters. The highest BCUT2D eigenvalue weighted by Gasteiger charge is 2.25. The van der Waals surface area contributed by atoms with Crippen LogP contribution in [0.3, 0.4) is 0 Å². The second-order valence-corrected chi connectivity index (χ2v) is 6.95. The van der Waals surface area contributed by atoms with Crippen molar-refractivity contribution in [1.29, 1.82) is 0 Å². The molecule has 1 N–H and O–H groups in total. The first-order valence-electron chi connectivity index (χ1n) is 8.20. The lowest BCUT2D eigenvalue weighted by Gasteiger charge is -2.32. The average molecular weight is 347 g/mol. The predicted molar refractivity (Wildman–Crippen MR) is 93.3 cm³/mol. The molecule has 1 aromatic heterocycles. The Hall–Kier alpha value is -1.92. The minimum Gasteiger partial charge on any atom is -0.481 e. The standard InChI is InChI=1S/C18H21NO4S/c20-17(19-8-9-23-14(11-19)10-18(21)22)7-3-4-13-12-24-16-6-2-1-5-15(13)16/h1-2,5-6,12,14H,3-4,7-11H2,(H,21,22). The molecule has 1 fully saturated rings. The molecule has 1 aliphatic heterocycles. The molecular formula is C18H21NO4S. The van der Waals surface area contributed by atoms with Crippen LogP contribution >= 0.6 is 11.3 Å². The van der Waals surface area contributed by atoms with Crippen molar-refractivity contribution in [2.75, 3.05) is 19.7 Å². The molecule has 0 bridgehead atoms. The van der Waals surface area contributed by atoms with Gasteiger partial charge in [0.15, 0.2) is 0 Å². The molecule has 1 amide bonds. The molecule has 5 nitrogen and oxygen atoms in total. The number of thiophene rings is 1. The summed E-state index contributed by atoms with van der Waals surface area (Å²) >= 11 is 1.74. The Bertz CT molecular complexity index is 727. The number of nitrogens with zero attached hydrogens (tertiary/aromatic N) is 1. The number of ether oxygens (including phenoxy) is 1. The van der Waals surface area contributed by atoms with E-state index >= 15 is 0 Å². The Balaban J connectivity index is 1.49. The molecule has 1 aromatic carbocycles. The second kappa shape index (κ2) is 7.77. The number of hydrogen-bond donors (Lipinski definition) is 1. The lowest BCUT2D eigenvalue weighted by Crippen LogP contribution is -2.46. The molecule has 6 heteroatoms. The number of aliphatic carboxylic acids is 1. The van der Waals surface area contributed by atoms with Gasteiger partial charge in [-0.1, -0.05) is 18.2 Å². The van der Waals surface area contributed by atoms with Crippen molar-refractivity contribution >= 4 is 33.3 Å². The van der Waals surface area contributed by atoms with Crippen LogP contribution in [0.15, 0.2) is 29.6 Å². The number of rotatable bonds is 6. The molecule has 24 heavy (non-hydrogen) atoms. The molecule has 0 spiro atoms. The van der Waals surface area contributed by atoms with Gasteiger partial charge >= 0.3 is 5.97 Å². The number of amides is 1. The molecule has 0 aliphatic carbocycles. The van der Waals surface area contributed by atoms with Gasteiger partial charge in [-0.2, -0.15) is 0 Å². The van der Waals surface area contributed by atoms with Crippen LogP contribution in [0.5, 0.6) is 0 Å². The van der Waals surface area contributed by atoms with Gasteiger partial charge in [0.2, 0.25) is 5.91 Å². The zero-order valence-electron chi connectivity index (χ0n) is 13.4. The number of fused-ring (bicyclic) bond motifs is 1. The van der Waals surface area contributed by atoms with Gasteiger partial charge in [0, 0.05) is 24.2 Å². The van der Waals surface area contributed by atoms with Crippen LogP contribution in [0.4, 0.5) is 0 Å². The Morgan fingerprint density at radius 3 is 3.00 bits per heavy atom. The summed E-state index contributed by atoms with van der Waals surface area (Å²) in [5, 5.41) is 12.3. The number of carboxylic acids is 1. The third-order valence-electron chi connectivity index (χ3n) is 4.29. The second-order valence-electron chi connectivity index (χ2n) is 6.04. The van der Waals surface area contributed by atoms with E-state index in [1.807, 2.05) is 12.1 Å². The van der Waals surface area contributed by atoms with E-state index in [2.05, 4.69) is 17.5 Å². The fourth-order valence-corrected chi connectivity index (χ4v) is 4.08. The number of carboxylic acid groups (broad SMARTS) is 1. The zero-order chi connectivity index (χ0) is 16.9. The van der Waals surface area contributed by atoms with Gasteiger partial charge in [-0.15, -0.1) is 11.3 Å². The minimum atomic E-state index is -0.890. The SMILES string of the molecule is O=C(O)CC1CN(C(=O)CCCc2csc3ccccc23)CCO1. The van der Waals surface area contributed by atoms with Crippen LogP contribution in [0, 0.1) is 0 Å². The molecule has 128 valence electrons. The lowest BCUT2D eigenvalue weighted by atomic mass is 10.1. The van der Waals surface area contributed by atoms with Gasteiger partial charge in [0.1, 0.15) is 0 Å². The van der Waals surface area contributed by atoms with Crippen LogP contribution < -0.4 is 0 Å². The summed E-state index contributed by atoms with van der Waals surface area (Å²) < 4.78 is 6.69. The number of hydrogen-bond acceptors (Lipinski definition) is 4. The van der Waals surface area contributed by atoms with E-state index in [4.69, 9.17) is 9.84 Å². The van der Waals surface area contributed by atoms with E-state index in [-0.39, 0.29) is 18.4 Å². The molecule has 0 radical (unpaired) electrons. The normalized spacial score (nSPS) is 18.0. The van der Waals surface area contributed by atoms with Crippen molar-refractivity contribution in [1.82, 2.24) is 4.90 Å². The first-order chi connectivity index (χ1) is 11.6. The van der Waals surface area contributed by atoms with Gasteiger partial charge in [0.25, 0.3) is 0 Å². The number of benzene rings is 1. The van der Waals surface area contributed by atoms with Crippen molar-refractivity contribution in [2.24, 2.45) is 0 Å². The van der Waals surface area contributed by atoms with Gasteiger partial charge in [-0.25, -0.2) is 0 Å². The molecular weight excluding hydrogens is 326 g/mol. The van der Waals surface area contributed by atoms with Crippen LogP contribution in [0.2, 0.25) is 0 Å². The van der Waals surface area contributed by atoms with Crippen LogP contribution in [-0.4, -0.2) is 47.7 Å². The van der Waals surface area contributed by atoms with Gasteiger partial charge in [0.05, 0.1) is 19.1 Å². The van der Waals surface area contributed by atoms with Crippen molar-refractivity contribution in [3.8, 4) is 0 Å². The highest BCUT2D eigenvalue weighted by Crippen LogP contribution is 2.26. The van der Waals surface area contributed by atoms with E-state index in [0.29, 0.717) is 26.1 Å². The molecule has 2 heterocycles. The van der Waals surface area contributed by atoms with Crippen LogP contribution in [0.25, 0.3) is 10.1 Å². The summed E-state index contributed by atoms with van der Waals surface area (Å²) in [6.07, 6.45) is 1.74. The van der Waals surface area contributed by atoms with E-state index in [1.54, 1.807) is 16.2 Å². The molecule has 1 aliphatic rings. The molecule has 3 rings (SSSR count). The minimum absolute atomic E-state index is 0.0509. The molecule has 1 saturated heterocycles. The number of aryl methyl sites for hydroxylation is 1. The fourth-order valence-electron chi connectivity index (χ4n) is 3.08. The lowest BCUT2D eigenvalue weighted by molar-refractivity contribution is -0.147. The number of carbonyl (C=O) groups is 2. The number of morpholine rings is 1. The van der Waals surface area contributed by atoms with Crippen molar-refractivity contribution in [2.45, 2.75) is 31.8 Å². The Morgan fingerprint density at radius 2 is 2.17 bits per heavy atom. The van der Waals surface area contributed by atoms with Gasteiger partial charge in [-0.3, -0.25) is 9.59 Å². The Labute approximate surface area is 144 Å². The Morgan fingerprint density at radius 1 is 1.33 bits per heavy atom. The van der Waals surface area contributed by atoms with Gasteiger partial charge < -0.3 is 14.7 Å². The van der Waals surface area contributed by atoms with Crippen LogP contribution in [-0.2, 0) is 20.7 Å². The summed E-state index contributed by atoms with van der Waals surface area (Å²) in [6.45, 7) is 1.35. The maximum Gasteiger partial charge on any atom is 0.306 e. The van der Waals surface area contributed by atoms with Crippen LogP contribution in [0.1, 0.15) is 24.8 Å². The summed E-state index contributed by atoms with van der Waals surface area (Å²) in [5.74, 6) is -0.799. The summed E-state index contributed by atoms with van der Waals surface area (Å²) in [5.41, 5.74) is 1.30. The average Bonchev–Trinajstić information content (AvgIpc) is 2.98. The van der Waals surface area contributed by atoms with Crippen molar-refractivity contribution in [3.63, 3.8) is 0 Å². The monoisotopic (exact) mass is 347 g/mol. The highest BCUT2D eigenvalue weighted by molar-refractivity contribution is 7.17. The molecule has 2 aromatic rings.